The van der Waals surface area contributed by atoms with E-state index in [9.17, 15) is 4.79 Å². The Morgan fingerprint density at radius 2 is 2.21 bits per heavy atom. The van der Waals surface area contributed by atoms with Crippen molar-refractivity contribution in [1.29, 1.82) is 0 Å². The molecule has 0 atom stereocenters. The normalized spacial score (nSPS) is 14.3. The third kappa shape index (κ3) is 2.14. The van der Waals surface area contributed by atoms with Crippen molar-refractivity contribution in [3.8, 4) is 0 Å². The first-order valence-corrected chi connectivity index (χ1v) is 6.03. The Hall–Kier alpha value is -2.44. The lowest BCUT2D eigenvalue weighted by atomic mass is 10.2. The van der Waals surface area contributed by atoms with Gasteiger partial charge in [0.25, 0.3) is 5.91 Å². The molecule has 7 nitrogen and oxygen atoms in total. The number of nitrogens with two attached hydrogens (primary N) is 1. The van der Waals surface area contributed by atoms with E-state index in [1.54, 1.807) is 23.4 Å². The van der Waals surface area contributed by atoms with Gasteiger partial charge in [-0.1, -0.05) is 0 Å². The molecule has 2 aromatic rings. The average molecular weight is 258 g/mol. The number of aromatic nitrogens is 4. The van der Waals surface area contributed by atoms with Crippen LogP contribution >= 0.6 is 0 Å². The summed E-state index contributed by atoms with van der Waals surface area (Å²) in [5.74, 6) is 1.12. The summed E-state index contributed by atoms with van der Waals surface area (Å²) in [6.07, 6.45) is 1.69. The van der Waals surface area contributed by atoms with Crippen LogP contribution in [0.2, 0.25) is 0 Å². The van der Waals surface area contributed by atoms with Crippen LogP contribution in [0.3, 0.4) is 0 Å². The second-order valence-electron chi connectivity index (χ2n) is 4.59. The van der Waals surface area contributed by atoms with Crippen LogP contribution in [0.5, 0.6) is 0 Å². The fourth-order valence-corrected chi connectivity index (χ4v) is 2.24. The maximum absolute atomic E-state index is 12.4. The molecular weight excluding hydrogens is 244 g/mol. The van der Waals surface area contributed by atoms with Crippen LogP contribution in [0.15, 0.2) is 18.5 Å². The average Bonchev–Trinajstić information content (AvgIpc) is 2.83. The van der Waals surface area contributed by atoms with E-state index < -0.39 is 0 Å². The molecule has 0 fully saturated rings. The van der Waals surface area contributed by atoms with Gasteiger partial charge in [-0.3, -0.25) is 4.79 Å². The summed E-state index contributed by atoms with van der Waals surface area (Å²) in [5.41, 5.74) is 6.99. The number of carbonyl (C=O) groups is 1. The SMILES string of the molecule is Cc1cc(C(=O)N2CCn3cnnc3C2)cc(N)n1. The van der Waals surface area contributed by atoms with Crippen molar-refractivity contribution >= 4 is 11.7 Å². The summed E-state index contributed by atoms with van der Waals surface area (Å²) in [6, 6.07) is 3.35. The van der Waals surface area contributed by atoms with Gasteiger partial charge < -0.3 is 15.2 Å². The van der Waals surface area contributed by atoms with Crippen molar-refractivity contribution in [3.63, 3.8) is 0 Å². The highest BCUT2D eigenvalue weighted by Crippen LogP contribution is 2.15. The molecule has 7 heteroatoms. The molecule has 3 rings (SSSR count). The molecular formula is C12H14N6O. The minimum Gasteiger partial charge on any atom is -0.384 e. The van der Waals surface area contributed by atoms with E-state index in [4.69, 9.17) is 5.73 Å². The van der Waals surface area contributed by atoms with Crippen LogP contribution in [0.25, 0.3) is 0 Å². The summed E-state index contributed by atoms with van der Waals surface area (Å²) in [6.45, 7) is 3.65. The van der Waals surface area contributed by atoms with Crippen molar-refractivity contribution in [2.24, 2.45) is 0 Å². The third-order valence-corrected chi connectivity index (χ3v) is 3.15. The predicted octanol–water partition coefficient (Wildman–Crippen LogP) is 0.220. The zero-order valence-electron chi connectivity index (χ0n) is 10.6. The van der Waals surface area contributed by atoms with E-state index in [1.807, 2.05) is 11.5 Å². The Morgan fingerprint density at radius 1 is 1.37 bits per heavy atom. The van der Waals surface area contributed by atoms with Gasteiger partial charge in [-0.15, -0.1) is 10.2 Å². The van der Waals surface area contributed by atoms with Crippen LogP contribution in [-0.4, -0.2) is 37.1 Å². The molecule has 0 aliphatic carbocycles. The zero-order chi connectivity index (χ0) is 13.4. The number of hydrogen-bond donors (Lipinski definition) is 1. The lowest BCUT2D eigenvalue weighted by Crippen LogP contribution is -2.38. The summed E-state index contributed by atoms with van der Waals surface area (Å²) in [7, 11) is 0. The standard InChI is InChI=1S/C12H14N6O/c1-8-4-9(5-10(13)15-8)12(19)17-2-3-18-7-14-16-11(18)6-17/h4-5,7H,2-3,6H2,1H3,(H2,13,15). The predicted molar refractivity (Wildman–Crippen MR) is 68.1 cm³/mol. The molecule has 0 bridgehead atoms. The molecule has 1 aliphatic heterocycles. The minimum atomic E-state index is -0.0496. The van der Waals surface area contributed by atoms with Gasteiger partial charge in [-0.05, 0) is 19.1 Å². The van der Waals surface area contributed by atoms with Crippen molar-refractivity contribution in [3.05, 3.63) is 35.5 Å². The Kier molecular flexibility index (Phi) is 2.66. The summed E-state index contributed by atoms with van der Waals surface area (Å²) in [5, 5.41) is 7.84. The number of amides is 1. The topological polar surface area (TPSA) is 89.9 Å². The van der Waals surface area contributed by atoms with Crippen molar-refractivity contribution in [2.75, 3.05) is 12.3 Å². The molecule has 1 amide bonds. The number of carbonyl (C=O) groups excluding carboxylic acids is 1. The van der Waals surface area contributed by atoms with Crippen molar-refractivity contribution in [1.82, 2.24) is 24.6 Å². The van der Waals surface area contributed by atoms with Crippen LogP contribution in [0, 0.1) is 6.92 Å². The highest BCUT2D eigenvalue weighted by Gasteiger charge is 2.23. The number of rotatable bonds is 1. The third-order valence-electron chi connectivity index (χ3n) is 3.15. The van der Waals surface area contributed by atoms with Crippen molar-refractivity contribution in [2.45, 2.75) is 20.0 Å². The van der Waals surface area contributed by atoms with E-state index in [1.165, 1.54) is 0 Å². The van der Waals surface area contributed by atoms with E-state index in [-0.39, 0.29) is 5.91 Å². The molecule has 1 aliphatic rings. The molecule has 19 heavy (non-hydrogen) atoms. The Bertz CT molecular complexity index is 615. The lowest BCUT2D eigenvalue weighted by Gasteiger charge is -2.27. The Labute approximate surface area is 110 Å². The molecule has 0 unspecified atom stereocenters. The highest BCUT2D eigenvalue weighted by atomic mass is 16.2. The first-order valence-electron chi connectivity index (χ1n) is 6.03. The van der Waals surface area contributed by atoms with Gasteiger partial charge in [0.2, 0.25) is 0 Å². The smallest absolute Gasteiger partial charge is 0.254 e. The second-order valence-corrected chi connectivity index (χ2v) is 4.59. The van der Waals surface area contributed by atoms with E-state index >= 15 is 0 Å². The van der Waals surface area contributed by atoms with Crippen LogP contribution in [-0.2, 0) is 13.1 Å². The first kappa shape index (κ1) is 11.6. The van der Waals surface area contributed by atoms with Crippen LogP contribution < -0.4 is 5.73 Å². The van der Waals surface area contributed by atoms with Gasteiger partial charge in [0.1, 0.15) is 12.1 Å². The maximum atomic E-state index is 12.4. The quantitative estimate of drug-likeness (QED) is 0.790. The monoisotopic (exact) mass is 258 g/mol. The number of hydrogen-bond acceptors (Lipinski definition) is 5. The Morgan fingerprint density at radius 3 is 3.00 bits per heavy atom. The van der Waals surface area contributed by atoms with E-state index in [0.717, 1.165) is 11.5 Å². The summed E-state index contributed by atoms with van der Waals surface area (Å²) < 4.78 is 1.95. The largest absolute Gasteiger partial charge is 0.384 e. The number of nitrogens with zero attached hydrogens (tertiary/aromatic N) is 5. The van der Waals surface area contributed by atoms with E-state index in [2.05, 4.69) is 15.2 Å². The van der Waals surface area contributed by atoms with Gasteiger partial charge in [-0.2, -0.15) is 0 Å². The van der Waals surface area contributed by atoms with Gasteiger partial charge in [0.15, 0.2) is 5.82 Å². The summed E-state index contributed by atoms with van der Waals surface area (Å²) >= 11 is 0. The lowest BCUT2D eigenvalue weighted by molar-refractivity contribution is 0.0707. The zero-order valence-corrected chi connectivity index (χ0v) is 10.6. The van der Waals surface area contributed by atoms with E-state index in [0.29, 0.717) is 31.0 Å². The number of aryl methyl sites for hydroxylation is 1. The number of pyridine rings is 1. The molecule has 0 saturated carbocycles. The molecule has 0 aromatic carbocycles. The fourth-order valence-electron chi connectivity index (χ4n) is 2.24. The van der Waals surface area contributed by atoms with Crippen molar-refractivity contribution < 1.29 is 4.79 Å². The van der Waals surface area contributed by atoms with Gasteiger partial charge in [0.05, 0.1) is 6.54 Å². The van der Waals surface area contributed by atoms with Gasteiger partial charge in [0, 0.05) is 24.3 Å². The summed E-state index contributed by atoms with van der Waals surface area (Å²) in [4.78, 5) is 18.2. The van der Waals surface area contributed by atoms with Crippen LogP contribution in [0.4, 0.5) is 5.82 Å². The fraction of sp³-hybridized carbons (Fsp3) is 0.333. The molecule has 0 saturated heterocycles. The molecule has 2 N–H and O–H groups in total. The number of nitrogen functional groups attached to an aromatic ring is 1. The molecule has 98 valence electrons. The molecule has 0 radical (unpaired) electrons. The molecule has 2 aromatic heterocycles. The van der Waals surface area contributed by atoms with Gasteiger partial charge >= 0.3 is 0 Å². The minimum absolute atomic E-state index is 0.0496. The highest BCUT2D eigenvalue weighted by molar-refractivity contribution is 5.95. The number of anilines is 1. The van der Waals surface area contributed by atoms with Gasteiger partial charge in [-0.25, -0.2) is 4.98 Å². The Balaban J connectivity index is 1.85. The first-order chi connectivity index (χ1) is 9.13. The second kappa shape index (κ2) is 4.34. The maximum Gasteiger partial charge on any atom is 0.254 e. The van der Waals surface area contributed by atoms with Crippen LogP contribution in [0.1, 0.15) is 21.9 Å². The number of fused-ring (bicyclic) bond motifs is 1. The molecule has 3 heterocycles. The molecule has 0 spiro atoms.